The van der Waals surface area contributed by atoms with Crippen LogP contribution in [0.4, 0.5) is 25.2 Å². The lowest BCUT2D eigenvalue weighted by molar-refractivity contribution is 0.0406. The van der Waals surface area contributed by atoms with E-state index in [2.05, 4.69) is 25.3 Å². The van der Waals surface area contributed by atoms with Crippen molar-refractivity contribution in [3.05, 3.63) is 47.3 Å². The molecule has 4 rings (SSSR count). The van der Waals surface area contributed by atoms with E-state index in [1.54, 1.807) is 0 Å². The van der Waals surface area contributed by atoms with E-state index in [0.717, 1.165) is 68.8 Å². The summed E-state index contributed by atoms with van der Waals surface area (Å²) in [5.41, 5.74) is 2.21. The Morgan fingerprint density at radius 1 is 1.09 bits per heavy atom. The van der Waals surface area contributed by atoms with Crippen LogP contribution in [0.15, 0.2) is 29.7 Å². The van der Waals surface area contributed by atoms with Crippen LogP contribution in [0.2, 0.25) is 0 Å². The summed E-state index contributed by atoms with van der Waals surface area (Å²) in [6.45, 7) is 3.61. The van der Waals surface area contributed by atoms with Crippen LogP contribution in [-0.2, 0) is 4.84 Å². The van der Waals surface area contributed by atoms with Gasteiger partial charge >= 0.3 is 6.03 Å². The number of anilines is 2. The molecule has 0 atom stereocenters. The highest BCUT2D eigenvalue weighted by Gasteiger charge is 2.25. The van der Waals surface area contributed by atoms with Gasteiger partial charge in [0.2, 0.25) is 5.95 Å². The summed E-state index contributed by atoms with van der Waals surface area (Å²) in [5.74, 6) is -0.741. The molecule has 35 heavy (non-hydrogen) atoms. The number of benzene rings is 1. The van der Waals surface area contributed by atoms with Crippen molar-refractivity contribution >= 4 is 23.4 Å². The minimum Gasteiger partial charge on any atom is -0.392 e. The van der Waals surface area contributed by atoms with Crippen LogP contribution < -0.4 is 10.2 Å². The van der Waals surface area contributed by atoms with Crippen molar-refractivity contribution in [1.29, 1.82) is 0 Å². The van der Waals surface area contributed by atoms with Crippen molar-refractivity contribution in [3.8, 4) is 0 Å². The number of aromatic nitrogens is 2. The van der Waals surface area contributed by atoms with Gasteiger partial charge in [-0.3, -0.25) is 0 Å². The zero-order chi connectivity index (χ0) is 24.9. The van der Waals surface area contributed by atoms with E-state index in [0.29, 0.717) is 5.56 Å². The molecule has 1 aromatic carbocycles. The molecule has 0 radical (unpaired) electrons. The number of hydrogen-bond acceptors (Lipinski definition) is 6. The van der Waals surface area contributed by atoms with E-state index < -0.39 is 23.4 Å². The average Bonchev–Trinajstić information content (AvgIpc) is 2.86. The summed E-state index contributed by atoms with van der Waals surface area (Å²) in [4.78, 5) is 29.8. The van der Waals surface area contributed by atoms with Crippen LogP contribution in [-0.4, -0.2) is 59.9 Å². The quantitative estimate of drug-likeness (QED) is 0.611. The van der Waals surface area contributed by atoms with E-state index in [-0.39, 0.29) is 12.0 Å². The molecule has 8 nitrogen and oxygen atoms in total. The molecule has 2 aliphatic rings. The second kappa shape index (κ2) is 11.0. The van der Waals surface area contributed by atoms with Crippen molar-refractivity contribution in [2.24, 2.45) is 5.16 Å². The number of carbonyl (C=O) groups is 1. The maximum absolute atomic E-state index is 14.5. The Morgan fingerprint density at radius 2 is 1.69 bits per heavy atom. The number of rotatable bonds is 5. The molecule has 2 aromatic rings. The van der Waals surface area contributed by atoms with Gasteiger partial charge in [-0.25, -0.2) is 23.5 Å². The smallest absolute Gasteiger partial charge is 0.321 e. The monoisotopic (exact) mass is 486 g/mol. The number of nitrogens with one attached hydrogen (secondary N) is 1. The summed E-state index contributed by atoms with van der Waals surface area (Å²) < 4.78 is 29.0. The number of piperidine rings is 1. The Hall–Kier alpha value is -3.30. The largest absolute Gasteiger partial charge is 0.392 e. The molecular weight excluding hydrogens is 454 g/mol. The molecular formula is C25H32F2N6O2. The van der Waals surface area contributed by atoms with Crippen LogP contribution in [0.5, 0.6) is 0 Å². The SMILES string of the molecule is Cc1cnc(N2CCC(ON=C3CCC(c4cc(F)c(NC(=O)N(C)C)c(F)c4)CC3)CC2)nc1. The molecule has 0 bridgehead atoms. The summed E-state index contributed by atoms with van der Waals surface area (Å²) in [5, 5.41) is 6.68. The Morgan fingerprint density at radius 3 is 2.26 bits per heavy atom. The molecule has 2 fully saturated rings. The molecule has 1 saturated heterocycles. The van der Waals surface area contributed by atoms with Crippen molar-refractivity contribution < 1.29 is 18.4 Å². The van der Waals surface area contributed by atoms with E-state index in [4.69, 9.17) is 4.84 Å². The number of nitrogens with zero attached hydrogens (tertiary/aromatic N) is 5. The molecule has 1 aliphatic heterocycles. The van der Waals surface area contributed by atoms with Crippen molar-refractivity contribution in [3.63, 3.8) is 0 Å². The zero-order valence-corrected chi connectivity index (χ0v) is 20.4. The number of aryl methyl sites for hydroxylation is 1. The van der Waals surface area contributed by atoms with Gasteiger partial charge in [0.25, 0.3) is 0 Å². The number of hydrogen-bond donors (Lipinski definition) is 1. The minimum atomic E-state index is -0.764. The van der Waals surface area contributed by atoms with E-state index in [9.17, 15) is 13.6 Å². The molecule has 2 amide bonds. The maximum Gasteiger partial charge on any atom is 0.321 e. The van der Waals surface area contributed by atoms with Gasteiger partial charge in [0.1, 0.15) is 23.4 Å². The number of oxime groups is 1. The van der Waals surface area contributed by atoms with Crippen LogP contribution in [0, 0.1) is 18.6 Å². The molecule has 2 heterocycles. The average molecular weight is 487 g/mol. The maximum atomic E-state index is 14.5. The van der Waals surface area contributed by atoms with E-state index >= 15 is 0 Å². The Bertz CT molecular complexity index is 1040. The van der Waals surface area contributed by atoms with Gasteiger partial charge in [0.15, 0.2) is 0 Å². The predicted molar refractivity (Wildman–Crippen MR) is 131 cm³/mol. The topological polar surface area (TPSA) is 82.9 Å². The Kier molecular flexibility index (Phi) is 7.77. The molecule has 188 valence electrons. The molecule has 1 N–H and O–H groups in total. The van der Waals surface area contributed by atoms with Gasteiger partial charge in [-0.15, -0.1) is 0 Å². The fraction of sp³-hybridized carbons (Fsp3) is 0.520. The third kappa shape index (κ3) is 6.23. The van der Waals surface area contributed by atoms with Crippen LogP contribution in [0.1, 0.15) is 55.6 Å². The summed E-state index contributed by atoms with van der Waals surface area (Å²) >= 11 is 0. The Balaban J connectivity index is 1.26. The van der Waals surface area contributed by atoms with Gasteiger partial charge in [0.05, 0.1) is 5.71 Å². The minimum absolute atomic E-state index is 0.0364. The second-order valence-corrected chi connectivity index (χ2v) is 9.47. The molecule has 1 aliphatic carbocycles. The number of urea groups is 1. The number of halogens is 2. The van der Waals surface area contributed by atoms with Gasteiger partial charge in [-0.05, 0) is 61.8 Å². The highest BCUT2D eigenvalue weighted by molar-refractivity contribution is 5.89. The molecule has 1 saturated carbocycles. The van der Waals surface area contributed by atoms with Gasteiger partial charge in [0, 0.05) is 52.4 Å². The standard InChI is InChI=1S/C25H32F2N6O2/c1-16-14-28-24(29-15-16)33-10-8-20(9-11-33)35-31-19-6-4-17(5-7-19)18-12-21(26)23(22(27)13-18)30-25(34)32(2)3/h12-15,17,20H,4-11H2,1-3H3,(H,30,34). The first-order valence-corrected chi connectivity index (χ1v) is 12.0. The van der Waals surface area contributed by atoms with Crippen molar-refractivity contribution in [1.82, 2.24) is 14.9 Å². The molecule has 1 aromatic heterocycles. The second-order valence-electron chi connectivity index (χ2n) is 9.47. The summed E-state index contributed by atoms with van der Waals surface area (Å²) in [6, 6.07) is 2.06. The fourth-order valence-corrected chi connectivity index (χ4v) is 4.40. The number of carbonyl (C=O) groups excluding carboxylic acids is 1. The van der Waals surface area contributed by atoms with Gasteiger partial charge < -0.3 is 20.0 Å². The molecule has 0 spiro atoms. The molecule has 10 heteroatoms. The lowest BCUT2D eigenvalue weighted by atomic mass is 9.83. The highest BCUT2D eigenvalue weighted by atomic mass is 19.1. The lowest BCUT2D eigenvalue weighted by Crippen LogP contribution is -2.37. The Labute approximate surface area is 204 Å². The summed E-state index contributed by atoms with van der Waals surface area (Å²) in [7, 11) is 3.02. The van der Waals surface area contributed by atoms with Gasteiger partial charge in [-0.1, -0.05) is 5.16 Å². The fourth-order valence-electron chi connectivity index (χ4n) is 4.40. The van der Waals surface area contributed by atoms with Crippen LogP contribution in [0.3, 0.4) is 0 Å². The molecule has 0 unspecified atom stereocenters. The summed E-state index contributed by atoms with van der Waals surface area (Å²) in [6.07, 6.45) is 8.36. The van der Waals surface area contributed by atoms with Crippen molar-refractivity contribution in [2.75, 3.05) is 37.4 Å². The first-order chi connectivity index (χ1) is 16.8. The van der Waals surface area contributed by atoms with Gasteiger partial charge in [-0.2, -0.15) is 0 Å². The van der Waals surface area contributed by atoms with E-state index in [1.807, 2.05) is 19.3 Å². The predicted octanol–water partition coefficient (Wildman–Crippen LogP) is 4.86. The van der Waals surface area contributed by atoms with E-state index in [1.165, 1.54) is 31.1 Å². The van der Waals surface area contributed by atoms with Crippen LogP contribution >= 0.6 is 0 Å². The van der Waals surface area contributed by atoms with Crippen molar-refractivity contribution in [2.45, 2.75) is 57.5 Å². The van der Waals surface area contributed by atoms with Crippen LogP contribution in [0.25, 0.3) is 0 Å². The first-order valence-electron chi connectivity index (χ1n) is 12.0. The normalized spacial score (nSPS) is 18.8. The zero-order valence-electron chi connectivity index (χ0n) is 20.4. The lowest BCUT2D eigenvalue weighted by Gasteiger charge is -2.31. The first kappa shape index (κ1) is 24.8. The third-order valence-electron chi connectivity index (χ3n) is 6.56. The highest BCUT2D eigenvalue weighted by Crippen LogP contribution is 2.34. The third-order valence-corrected chi connectivity index (χ3v) is 6.56. The number of amides is 2.